The third-order valence-corrected chi connectivity index (χ3v) is 5.19. The van der Waals surface area contributed by atoms with Gasteiger partial charge in [0.25, 0.3) is 0 Å². The number of pyridine rings is 2. The number of furan rings is 1. The topological polar surface area (TPSA) is 38.9 Å². The summed E-state index contributed by atoms with van der Waals surface area (Å²) >= 11 is 0. The van der Waals surface area contributed by atoms with Crippen LogP contribution in [0.3, 0.4) is 0 Å². The molecule has 0 saturated heterocycles. The van der Waals surface area contributed by atoms with Crippen molar-refractivity contribution in [2.24, 2.45) is 0 Å². The van der Waals surface area contributed by atoms with Gasteiger partial charge in [-0.25, -0.2) is 4.98 Å². The van der Waals surface area contributed by atoms with E-state index in [-0.39, 0.29) is 0 Å². The average molecular weight is 364 g/mol. The Balaban J connectivity index is 1.72. The number of aromatic nitrogens is 2. The fraction of sp³-hybridized carbons (Fsp3) is 0.120. The van der Waals surface area contributed by atoms with Crippen molar-refractivity contribution in [3.8, 4) is 22.4 Å². The van der Waals surface area contributed by atoms with E-state index in [9.17, 15) is 0 Å². The zero-order chi connectivity index (χ0) is 19.1. The van der Waals surface area contributed by atoms with Gasteiger partial charge in [0, 0.05) is 34.3 Å². The molecule has 0 fully saturated rings. The highest BCUT2D eigenvalue weighted by Crippen LogP contribution is 2.36. The van der Waals surface area contributed by atoms with Gasteiger partial charge in [-0.05, 0) is 41.3 Å². The second-order valence-corrected chi connectivity index (χ2v) is 7.36. The minimum absolute atomic E-state index is 0.451. The van der Waals surface area contributed by atoms with Crippen LogP contribution in [0.25, 0.3) is 44.5 Å². The Hall–Kier alpha value is -3.46. The van der Waals surface area contributed by atoms with E-state index in [0.717, 1.165) is 38.7 Å². The first-order chi connectivity index (χ1) is 13.7. The summed E-state index contributed by atoms with van der Waals surface area (Å²) in [5, 5.41) is 2.09. The van der Waals surface area contributed by atoms with Crippen molar-refractivity contribution in [1.29, 1.82) is 0 Å². The van der Waals surface area contributed by atoms with Gasteiger partial charge in [0.05, 0.1) is 5.69 Å². The summed E-state index contributed by atoms with van der Waals surface area (Å²) in [5.41, 5.74) is 6.92. The van der Waals surface area contributed by atoms with Crippen molar-refractivity contribution < 1.29 is 4.42 Å². The standard InChI is InChI=1S/C25H20N2O/c1-16(2)18-11-12-26-23(14-18)21-10-6-9-20-22-13-19(17-7-4-3-5-8-17)15-27-25(22)28-24(20)21/h3-16H,1-2H3. The van der Waals surface area contributed by atoms with Gasteiger partial charge in [0.2, 0.25) is 5.71 Å². The van der Waals surface area contributed by atoms with E-state index < -0.39 is 0 Å². The lowest BCUT2D eigenvalue weighted by atomic mass is 10.0. The number of fused-ring (bicyclic) bond motifs is 3. The number of nitrogens with zero attached hydrogens (tertiary/aromatic N) is 2. The van der Waals surface area contributed by atoms with Crippen LogP contribution in [-0.4, -0.2) is 9.97 Å². The maximum absolute atomic E-state index is 6.18. The van der Waals surface area contributed by atoms with Crippen molar-refractivity contribution in [2.75, 3.05) is 0 Å². The SMILES string of the molecule is CC(C)c1ccnc(-c2cccc3c2oc2ncc(-c4ccccc4)cc23)c1. The normalized spacial score (nSPS) is 11.5. The highest BCUT2D eigenvalue weighted by atomic mass is 16.3. The molecule has 0 atom stereocenters. The lowest BCUT2D eigenvalue weighted by molar-refractivity contribution is 0.655. The van der Waals surface area contributed by atoms with Crippen molar-refractivity contribution in [2.45, 2.75) is 19.8 Å². The van der Waals surface area contributed by atoms with Gasteiger partial charge in [0.15, 0.2) is 0 Å². The molecule has 3 nitrogen and oxygen atoms in total. The highest BCUT2D eigenvalue weighted by Gasteiger charge is 2.15. The molecular formula is C25H20N2O. The summed E-state index contributed by atoms with van der Waals surface area (Å²) in [6, 6.07) is 22.9. The predicted molar refractivity (Wildman–Crippen MR) is 114 cm³/mol. The maximum Gasteiger partial charge on any atom is 0.227 e. The molecule has 0 aliphatic carbocycles. The van der Waals surface area contributed by atoms with Gasteiger partial charge in [-0.2, -0.15) is 0 Å². The van der Waals surface area contributed by atoms with Gasteiger partial charge >= 0.3 is 0 Å². The molecule has 0 saturated carbocycles. The van der Waals surface area contributed by atoms with E-state index in [1.807, 2.05) is 30.6 Å². The van der Waals surface area contributed by atoms with Crippen molar-refractivity contribution in [3.05, 3.63) is 84.7 Å². The summed E-state index contributed by atoms with van der Waals surface area (Å²) < 4.78 is 6.18. The van der Waals surface area contributed by atoms with Crippen LogP contribution in [0.5, 0.6) is 0 Å². The molecule has 0 unspecified atom stereocenters. The number of hydrogen-bond acceptors (Lipinski definition) is 3. The maximum atomic E-state index is 6.18. The number of hydrogen-bond donors (Lipinski definition) is 0. The van der Waals surface area contributed by atoms with Gasteiger partial charge in [-0.3, -0.25) is 4.98 Å². The lowest BCUT2D eigenvalue weighted by Gasteiger charge is -2.07. The van der Waals surface area contributed by atoms with Gasteiger partial charge < -0.3 is 4.42 Å². The number of rotatable bonds is 3. The minimum atomic E-state index is 0.451. The average Bonchev–Trinajstić information content (AvgIpc) is 3.12. The molecule has 0 spiro atoms. The molecule has 2 aromatic carbocycles. The molecular weight excluding hydrogens is 344 g/mol. The zero-order valence-electron chi connectivity index (χ0n) is 15.9. The molecule has 0 aliphatic rings. The van der Waals surface area contributed by atoms with Crippen LogP contribution in [0.4, 0.5) is 0 Å². The van der Waals surface area contributed by atoms with Crippen LogP contribution < -0.4 is 0 Å². The predicted octanol–water partition coefficient (Wildman–Crippen LogP) is 6.83. The lowest BCUT2D eigenvalue weighted by Crippen LogP contribution is -1.90. The van der Waals surface area contributed by atoms with Gasteiger partial charge in [0.1, 0.15) is 5.58 Å². The molecule has 3 aromatic heterocycles. The minimum Gasteiger partial charge on any atom is -0.437 e. The second kappa shape index (κ2) is 6.61. The van der Waals surface area contributed by atoms with E-state index in [2.05, 4.69) is 72.3 Å². The van der Waals surface area contributed by atoms with Crippen LogP contribution in [0, 0.1) is 0 Å². The van der Waals surface area contributed by atoms with E-state index >= 15 is 0 Å². The molecule has 5 aromatic rings. The molecule has 136 valence electrons. The van der Waals surface area contributed by atoms with Gasteiger partial charge in [-0.1, -0.05) is 56.3 Å². The second-order valence-electron chi connectivity index (χ2n) is 7.36. The highest BCUT2D eigenvalue weighted by molar-refractivity contribution is 6.09. The van der Waals surface area contributed by atoms with Crippen LogP contribution >= 0.6 is 0 Å². The Labute approximate surface area is 163 Å². The summed E-state index contributed by atoms with van der Waals surface area (Å²) in [6.45, 7) is 4.38. The Kier molecular flexibility index (Phi) is 3.94. The van der Waals surface area contributed by atoms with Crippen LogP contribution in [0.15, 0.2) is 83.5 Å². The van der Waals surface area contributed by atoms with E-state index in [1.165, 1.54) is 5.56 Å². The first kappa shape index (κ1) is 16.7. The van der Waals surface area contributed by atoms with Crippen molar-refractivity contribution in [1.82, 2.24) is 9.97 Å². The van der Waals surface area contributed by atoms with Crippen LogP contribution in [0.1, 0.15) is 25.3 Å². The summed E-state index contributed by atoms with van der Waals surface area (Å²) in [7, 11) is 0. The van der Waals surface area contributed by atoms with E-state index in [0.29, 0.717) is 11.6 Å². The summed E-state index contributed by atoms with van der Waals surface area (Å²) in [6.07, 6.45) is 3.75. The molecule has 28 heavy (non-hydrogen) atoms. The molecule has 0 radical (unpaired) electrons. The Morgan fingerprint density at radius 1 is 0.786 bits per heavy atom. The van der Waals surface area contributed by atoms with Crippen LogP contribution in [-0.2, 0) is 0 Å². The Morgan fingerprint density at radius 2 is 1.64 bits per heavy atom. The quantitative estimate of drug-likeness (QED) is 0.352. The fourth-order valence-corrected chi connectivity index (χ4v) is 3.63. The fourth-order valence-electron chi connectivity index (χ4n) is 3.63. The smallest absolute Gasteiger partial charge is 0.227 e. The first-order valence-electron chi connectivity index (χ1n) is 9.54. The van der Waals surface area contributed by atoms with Gasteiger partial charge in [-0.15, -0.1) is 0 Å². The molecule has 5 rings (SSSR count). The van der Waals surface area contributed by atoms with E-state index in [4.69, 9.17) is 4.42 Å². The largest absolute Gasteiger partial charge is 0.437 e. The molecule has 0 bridgehead atoms. The zero-order valence-corrected chi connectivity index (χ0v) is 15.9. The third kappa shape index (κ3) is 2.76. The Morgan fingerprint density at radius 3 is 2.46 bits per heavy atom. The first-order valence-corrected chi connectivity index (χ1v) is 9.54. The monoisotopic (exact) mass is 364 g/mol. The molecule has 3 heteroatoms. The summed E-state index contributed by atoms with van der Waals surface area (Å²) in [5.74, 6) is 0.451. The van der Waals surface area contributed by atoms with Crippen molar-refractivity contribution in [3.63, 3.8) is 0 Å². The molecule has 3 heterocycles. The third-order valence-electron chi connectivity index (χ3n) is 5.19. The number of para-hydroxylation sites is 1. The molecule has 0 aliphatic heterocycles. The molecule has 0 N–H and O–H groups in total. The molecule has 0 amide bonds. The van der Waals surface area contributed by atoms with Crippen LogP contribution in [0.2, 0.25) is 0 Å². The van der Waals surface area contributed by atoms with E-state index in [1.54, 1.807) is 0 Å². The Bertz CT molecular complexity index is 1290. The number of benzene rings is 2. The summed E-state index contributed by atoms with van der Waals surface area (Å²) in [4.78, 5) is 9.19. The van der Waals surface area contributed by atoms with Crippen molar-refractivity contribution >= 4 is 22.1 Å².